The highest BCUT2D eigenvalue weighted by Gasteiger charge is 2.57. The summed E-state index contributed by atoms with van der Waals surface area (Å²) in [6, 6.07) is 0. The third-order valence-electron chi connectivity index (χ3n) is 10.0. The van der Waals surface area contributed by atoms with Crippen LogP contribution < -0.4 is 0 Å². The monoisotopic (exact) mass is 406 g/mol. The van der Waals surface area contributed by atoms with Crippen molar-refractivity contribution in [3.05, 3.63) is 0 Å². The van der Waals surface area contributed by atoms with Gasteiger partial charge in [0.25, 0.3) is 0 Å². The van der Waals surface area contributed by atoms with Gasteiger partial charge in [0, 0.05) is 7.11 Å². The average molecular weight is 407 g/mol. The minimum atomic E-state index is -0.369. The molecule has 6 unspecified atom stereocenters. The van der Waals surface area contributed by atoms with Crippen molar-refractivity contribution < 1.29 is 10.2 Å². The lowest BCUT2D eigenvalue weighted by Gasteiger charge is -2.57. The first kappa shape index (κ1) is 23.6. The van der Waals surface area contributed by atoms with Crippen molar-refractivity contribution in [1.82, 2.24) is 0 Å². The minimum Gasteiger partial charge on any atom is -0.400 e. The Balaban J connectivity index is 0.00000117. The predicted octanol–water partition coefficient (Wildman–Crippen LogP) is 6.83. The molecule has 0 heterocycles. The van der Waals surface area contributed by atoms with E-state index in [1.807, 2.05) is 0 Å². The van der Waals surface area contributed by atoms with Crippen molar-refractivity contribution in [1.29, 1.82) is 0 Å². The molecular weight excluding hydrogens is 356 g/mol. The van der Waals surface area contributed by atoms with Gasteiger partial charge in [-0.15, -0.1) is 0 Å². The maximum atomic E-state index is 10.6. The maximum Gasteiger partial charge on any atom is 0.0622 e. The molecule has 4 aliphatic carbocycles. The molecule has 2 nitrogen and oxygen atoms in total. The summed E-state index contributed by atoms with van der Waals surface area (Å²) in [5.74, 6) is 6.70. The third-order valence-corrected chi connectivity index (χ3v) is 10.0. The van der Waals surface area contributed by atoms with E-state index < -0.39 is 0 Å². The Morgan fingerprint density at radius 2 is 1.55 bits per heavy atom. The van der Waals surface area contributed by atoms with E-state index in [0.29, 0.717) is 5.41 Å². The molecule has 4 saturated carbocycles. The summed E-state index contributed by atoms with van der Waals surface area (Å²) in [5, 5.41) is 17.6. The zero-order valence-corrected chi connectivity index (χ0v) is 20.1. The molecule has 0 aromatic heterocycles. The summed E-state index contributed by atoms with van der Waals surface area (Å²) in [6.07, 6.45) is 18.2. The Labute approximate surface area is 181 Å². The summed E-state index contributed by atoms with van der Waals surface area (Å²) in [7, 11) is 1.00. The van der Waals surface area contributed by atoms with Gasteiger partial charge in [-0.1, -0.05) is 40.0 Å². The van der Waals surface area contributed by atoms with Crippen LogP contribution in [0.4, 0.5) is 0 Å². The fourth-order valence-electron chi connectivity index (χ4n) is 8.61. The van der Waals surface area contributed by atoms with Gasteiger partial charge in [-0.3, -0.25) is 0 Å². The van der Waals surface area contributed by atoms with E-state index in [4.69, 9.17) is 5.11 Å². The molecule has 170 valence electrons. The van der Waals surface area contributed by atoms with Crippen LogP contribution in [-0.2, 0) is 0 Å². The molecule has 4 aliphatic rings. The van der Waals surface area contributed by atoms with Crippen molar-refractivity contribution >= 4 is 0 Å². The highest BCUT2D eigenvalue weighted by molar-refractivity contribution is 5.06. The first-order chi connectivity index (χ1) is 13.8. The fourth-order valence-corrected chi connectivity index (χ4v) is 8.61. The molecule has 0 radical (unpaired) electrons. The molecule has 4 fully saturated rings. The molecule has 8 atom stereocenters. The number of fused-ring (bicyclic) bond motifs is 5. The van der Waals surface area contributed by atoms with Gasteiger partial charge in [-0.05, 0) is 118 Å². The number of hydrogen-bond acceptors (Lipinski definition) is 2. The van der Waals surface area contributed by atoms with Gasteiger partial charge in [0.05, 0.1) is 5.60 Å². The van der Waals surface area contributed by atoms with E-state index in [1.165, 1.54) is 70.6 Å². The van der Waals surface area contributed by atoms with Gasteiger partial charge in [0.1, 0.15) is 0 Å². The quantitative estimate of drug-likeness (QED) is 0.491. The standard InChI is InChI=1S/C26H46O.CH4O/c1-18(2)7-5-6-8-20-10-12-24-23-11-9-19-17-25(3,27)15-13-21(19)22(23)14-16-26(20,24)4;1-2/h18-24,27H,5-17H2,1-4H3;2H,1H3/t19?,20-,21?,22?,23?,24?,25-,26?;/m0./s1. The molecule has 2 N–H and O–H groups in total. The highest BCUT2D eigenvalue weighted by Crippen LogP contribution is 2.65. The first-order valence-corrected chi connectivity index (χ1v) is 13.0. The van der Waals surface area contributed by atoms with Crippen LogP contribution in [0.2, 0.25) is 0 Å². The molecular formula is C27H50O2. The molecule has 0 aliphatic heterocycles. The third kappa shape index (κ3) is 4.89. The molecule has 0 spiro atoms. The zero-order chi connectivity index (χ0) is 21.2. The van der Waals surface area contributed by atoms with Gasteiger partial charge in [0.2, 0.25) is 0 Å². The number of unbranched alkanes of at least 4 members (excludes halogenated alkanes) is 1. The van der Waals surface area contributed by atoms with Crippen molar-refractivity contribution in [3.8, 4) is 0 Å². The molecule has 2 heteroatoms. The Hall–Kier alpha value is -0.0800. The van der Waals surface area contributed by atoms with Crippen LogP contribution in [0.5, 0.6) is 0 Å². The average Bonchev–Trinajstić information content (AvgIpc) is 3.02. The number of rotatable bonds is 5. The number of aliphatic hydroxyl groups excluding tert-OH is 1. The second-order valence-corrected chi connectivity index (χ2v) is 12.2. The fraction of sp³-hybridized carbons (Fsp3) is 1.00. The van der Waals surface area contributed by atoms with Crippen molar-refractivity contribution in [2.75, 3.05) is 7.11 Å². The Morgan fingerprint density at radius 3 is 2.28 bits per heavy atom. The van der Waals surface area contributed by atoms with Crippen LogP contribution in [-0.4, -0.2) is 22.9 Å². The normalized spacial score (nSPS) is 46.3. The second-order valence-electron chi connectivity index (χ2n) is 12.2. The molecule has 0 saturated heterocycles. The number of aliphatic hydroxyl groups is 2. The summed E-state index contributed by atoms with van der Waals surface area (Å²) in [4.78, 5) is 0. The van der Waals surface area contributed by atoms with E-state index in [0.717, 1.165) is 61.4 Å². The Bertz CT molecular complexity index is 513. The predicted molar refractivity (Wildman–Crippen MR) is 123 cm³/mol. The van der Waals surface area contributed by atoms with Crippen LogP contribution in [0.3, 0.4) is 0 Å². The summed E-state index contributed by atoms with van der Waals surface area (Å²) < 4.78 is 0. The molecule has 29 heavy (non-hydrogen) atoms. The lowest BCUT2D eigenvalue weighted by atomic mass is 9.49. The van der Waals surface area contributed by atoms with Crippen molar-refractivity contribution in [2.24, 2.45) is 46.8 Å². The van der Waals surface area contributed by atoms with E-state index in [-0.39, 0.29) is 5.60 Å². The summed E-state index contributed by atoms with van der Waals surface area (Å²) >= 11 is 0. The Morgan fingerprint density at radius 1 is 0.828 bits per heavy atom. The van der Waals surface area contributed by atoms with Crippen LogP contribution in [0, 0.1) is 46.8 Å². The molecule has 0 amide bonds. The maximum absolute atomic E-state index is 10.6. The highest BCUT2D eigenvalue weighted by atomic mass is 16.3. The largest absolute Gasteiger partial charge is 0.400 e. The van der Waals surface area contributed by atoms with Crippen LogP contribution in [0.1, 0.15) is 111 Å². The zero-order valence-electron chi connectivity index (χ0n) is 20.1. The lowest BCUT2D eigenvalue weighted by molar-refractivity contribution is -0.1000. The van der Waals surface area contributed by atoms with Gasteiger partial charge in [0.15, 0.2) is 0 Å². The second kappa shape index (κ2) is 9.60. The minimum absolute atomic E-state index is 0.369. The van der Waals surface area contributed by atoms with E-state index in [2.05, 4.69) is 27.7 Å². The van der Waals surface area contributed by atoms with Crippen LogP contribution in [0.25, 0.3) is 0 Å². The molecule has 0 aromatic carbocycles. The van der Waals surface area contributed by atoms with Gasteiger partial charge >= 0.3 is 0 Å². The topological polar surface area (TPSA) is 40.5 Å². The summed E-state index contributed by atoms with van der Waals surface area (Å²) in [5.41, 5.74) is 0.289. The SMILES string of the molecule is CC(C)CCCC[C@H]1CCC2C3CCC4C[C@@](C)(O)CCC4C3CCC21C.CO. The van der Waals surface area contributed by atoms with Crippen LogP contribution >= 0.6 is 0 Å². The Kier molecular flexibility index (Phi) is 7.80. The smallest absolute Gasteiger partial charge is 0.0622 e. The molecule has 0 aromatic rings. The van der Waals surface area contributed by atoms with Gasteiger partial charge in [-0.2, -0.15) is 0 Å². The van der Waals surface area contributed by atoms with Gasteiger partial charge < -0.3 is 10.2 Å². The summed E-state index contributed by atoms with van der Waals surface area (Å²) in [6.45, 7) is 9.53. The van der Waals surface area contributed by atoms with Crippen molar-refractivity contribution in [2.45, 2.75) is 117 Å². The molecule has 0 bridgehead atoms. The van der Waals surface area contributed by atoms with Crippen molar-refractivity contribution in [3.63, 3.8) is 0 Å². The van der Waals surface area contributed by atoms with E-state index in [9.17, 15) is 5.11 Å². The van der Waals surface area contributed by atoms with E-state index in [1.54, 1.807) is 0 Å². The van der Waals surface area contributed by atoms with E-state index >= 15 is 0 Å². The lowest BCUT2D eigenvalue weighted by Crippen LogP contribution is -2.50. The van der Waals surface area contributed by atoms with Gasteiger partial charge in [-0.25, -0.2) is 0 Å². The molecule has 4 rings (SSSR count). The first-order valence-electron chi connectivity index (χ1n) is 13.0. The number of hydrogen-bond donors (Lipinski definition) is 2. The van der Waals surface area contributed by atoms with Crippen LogP contribution in [0.15, 0.2) is 0 Å².